The lowest BCUT2D eigenvalue weighted by atomic mass is 9.98. The van der Waals surface area contributed by atoms with Crippen LogP contribution in [0.3, 0.4) is 0 Å². The standard InChI is InChI=1S/C22H25N3O4S.C21H22FN3O4S.C21H24N4O4S.2C20H22N4O4S/c1-15-7-2-3-10-18(15)22(26)25-12-5-4-9-17(25)13-29-19-11-6-8-16-14-30(27,28)24-21(23)20(16)19;22-17-7-1-5-15(10-17)21(26)25-9-3-4-14(11-25)12-29-18-8-2-6-16-13-30(27,28)24-20(23)19(16)18;1-14-7-8-16(10-23-14)21(26)25-9-3-4-15(11-25)12-29-18-6-2-5-17-13-30(27,28)24-20(22)19(17)18;21-19-18-14(13-29(26,27)23-19)6-5-9-17(18)28-12-15-7-2-4-11-24(15)20(25)16-8-1-3-10-22-16;21-19-18-15(13-29(26,27)23-19)6-3-8-17(18)28-12-14-5-4-10-24(11-14)20(25)16-7-1-2-9-22-16/h2-3,6-8,10-11,17H,4-5,9,12-14H2,1H3,(H2,23,24);1-2,5-8,10,14H,3-4,9,11-13H2,(H2,23,24);2,5-8,10,15H,3-4,9,11-13H2,1H3,(H2,22,24);1,3,5-6,8-10,15H,2,4,7,11-13H2,(H2,21,23);1-3,6-9,14H,4-5,10-13H2,(H2,21,23)/t17-;14-;2*15-;14-/m10010/s1. The monoisotopic (exact) mass is 2110 g/mol. The van der Waals surface area contributed by atoms with Crippen molar-refractivity contribution in [3.05, 3.63) is 307 Å². The van der Waals surface area contributed by atoms with Gasteiger partial charge < -0.3 is 76.9 Å². The van der Waals surface area contributed by atoms with E-state index < -0.39 is 55.9 Å². The highest BCUT2D eigenvalue weighted by atomic mass is 32.2. The van der Waals surface area contributed by atoms with E-state index in [2.05, 4.69) is 36.9 Å². The summed E-state index contributed by atoms with van der Waals surface area (Å²) in [5, 5.41) is 0. The van der Waals surface area contributed by atoms with Crippen LogP contribution in [-0.4, -0.2) is 238 Å². The number of benzene rings is 7. The number of ether oxygens (including phenoxy) is 5. The molecule has 10 aliphatic heterocycles. The van der Waals surface area contributed by atoms with Crippen LogP contribution >= 0.6 is 0 Å². The third kappa shape index (κ3) is 26.7. The van der Waals surface area contributed by atoms with Crippen LogP contribution in [0.15, 0.2) is 229 Å². The zero-order chi connectivity index (χ0) is 105. The Bertz CT molecular complexity index is 7460. The Labute approximate surface area is 858 Å². The van der Waals surface area contributed by atoms with Crippen LogP contribution in [0.4, 0.5) is 4.39 Å². The number of pyridine rings is 3. The number of amidine groups is 5. The van der Waals surface area contributed by atoms with E-state index >= 15 is 0 Å². The normalized spacial score (nSPS) is 20.3. The fraction of sp³-hybridized carbons (Fsp3) is 0.356. The van der Waals surface area contributed by atoms with Gasteiger partial charge in [0.1, 0.15) is 88.3 Å². The van der Waals surface area contributed by atoms with Crippen LogP contribution in [0, 0.1) is 37.4 Å². The molecule has 7 aromatic carbocycles. The summed E-state index contributed by atoms with van der Waals surface area (Å²) in [6, 6.07) is 53.4. The summed E-state index contributed by atoms with van der Waals surface area (Å²) in [5.41, 5.74) is 39.3. The number of aromatic nitrogens is 3. The van der Waals surface area contributed by atoms with E-state index in [1.807, 2.05) is 63.8 Å². The molecule has 10 aliphatic rings. The number of piperidine rings is 5. The number of hydrogen-bond donors (Lipinski definition) is 5. The van der Waals surface area contributed by atoms with Crippen LogP contribution in [0.5, 0.6) is 28.7 Å². The minimum absolute atomic E-state index is 0.0173. The van der Waals surface area contributed by atoms with Gasteiger partial charge in [0.15, 0.2) is 0 Å². The molecule has 5 saturated heterocycles. The lowest BCUT2D eigenvalue weighted by Gasteiger charge is -2.36. The number of nitrogens with zero attached hydrogens (tertiary/aromatic N) is 13. The Hall–Kier alpha value is -14.6. The third-order valence-electron chi connectivity index (χ3n) is 26.6. The summed E-state index contributed by atoms with van der Waals surface area (Å²) in [5.74, 6) is 0.867. The zero-order valence-electron chi connectivity index (χ0n) is 81.5. The van der Waals surface area contributed by atoms with E-state index in [-0.39, 0.29) is 124 Å². The molecule has 0 unspecified atom stereocenters. The lowest BCUT2D eigenvalue weighted by Crippen LogP contribution is -2.47. The maximum absolute atomic E-state index is 13.4. The molecule has 148 heavy (non-hydrogen) atoms. The predicted molar refractivity (Wildman–Crippen MR) is 555 cm³/mol. The van der Waals surface area contributed by atoms with Gasteiger partial charge in [0.2, 0.25) is 0 Å². The summed E-state index contributed by atoms with van der Waals surface area (Å²) >= 11 is 0. The van der Waals surface area contributed by atoms with E-state index in [1.54, 1.807) is 163 Å². The maximum Gasteiger partial charge on any atom is 0.272 e. The van der Waals surface area contributed by atoms with Crippen molar-refractivity contribution < 1.29 is 94.1 Å². The molecule has 5 amide bonds. The first-order chi connectivity index (χ1) is 70.9. The van der Waals surface area contributed by atoms with Crippen molar-refractivity contribution in [3.8, 4) is 28.7 Å². The van der Waals surface area contributed by atoms with E-state index in [0.29, 0.717) is 191 Å². The topological polar surface area (TPSA) is 549 Å². The molecule has 3 aromatic heterocycles. The number of hydrogen-bond acceptors (Lipinski definition) is 28. The van der Waals surface area contributed by atoms with E-state index in [4.69, 9.17) is 52.4 Å². The smallest absolute Gasteiger partial charge is 0.272 e. The Morgan fingerprint density at radius 2 is 0.669 bits per heavy atom. The summed E-state index contributed by atoms with van der Waals surface area (Å²) in [4.78, 5) is 85.8. The van der Waals surface area contributed by atoms with Crippen LogP contribution in [0.25, 0.3) is 0 Å². The number of amides is 5. The first-order valence-corrected chi connectivity index (χ1v) is 56.6. The van der Waals surface area contributed by atoms with Crippen molar-refractivity contribution in [2.24, 2.45) is 68.4 Å². The molecule has 0 saturated carbocycles. The molecule has 44 heteroatoms. The molecule has 20 rings (SSSR count). The van der Waals surface area contributed by atoms with Gasteiger partial charge in [0.05, 0.1) is 94.0 Å². The third-order valence-corrected chi connectivity index (χ3v) is 32.3. The summed E-state index contributed by atoms with van der Waals surface area (Å²) in [6.07, 6.45) is 15.8. The van der Waals surface area contributed by atoms with Gasteiger partial charge in [-0.3, -0.25) is 38.9 Å². The van der Waals surface area contributed by atoms with Gasteiger partial charge in [-0.2, -0.15) is 0 Å². The van der Waals surface area contributed by atoms with Crippen LogP contribution in [-0.2, 0) is 78.9 Å². The molecule has 778 valence electrons. The van der Waals surface area contributed by atoms with Crippen molar-refractivity contribution in [2.45, 2.75) is 132 Å². The average molecular weight is 2120 g/mol. The van der Waals surface area contributed by atoms with Crippen LogP contribution in [0.2, 0.25) is 0 Å². The number of carbonyl (C=O) groups is 5. The van der Waals surface area contributed by atoms with Crippen molar-refractivity contribution in [3.63, 3.8) is 0 Å². The van der Waals surface area contributed by atoms with Gasteiger partial charge in [-0.25, -0.2) is 46.5 Å². The molecular formula is C104H115FN18O20S5. The molecule has 0 radical (unpaired) electrons. The molecule has 5 fully saturated rings. The first kappa shape index (κ1) is 106. The minimum Gasteiger partial charge on any atom is -0.492 e. The second-order valence-corrected chi connectivity index (χ2v) is 45.7. The summed E-state index contributed by atoms with van der Waals surface area (Å²) in [6.45, 7) is 10.6. The van der Waals surface area contributed by atoms with Gasteiger partial charge >= 0.3 is 0 Å². The van der Waals surface area contributed by atoms with Crippen molar-refractivity contribution >= 4 is 109 Å². The molecule has 10 aromatic rings. The molecular weight excluding hydrogens is 2000 g/mol. The van der Waals surface area contributed by atoms with Gasteiger partial charge in [-0.15, -0.1) is 22.0 Å². The van der Waals surface area contributed by atoms with Crippen molar-refractivity contribution in [2.75, 3.05) is 85.4 Å². The SMILES string of the molecule is Cc1ccc(C(=O)N2CCC[C@H](COc3cccc4c3C(N)=NS(=O)(=O)C4)C2)cn1.Cc1ccccc1C(=O)N1CCCC[C@@H]1COc1cccc2c1C(N)=NS(=O)(=O)C2.NC1=NS(=O)(=O)Cc2cccc(OC[C@H]3CCCCN3C(=O)c3ccccn3)c21.NC1=NS(=O)(=O)Cc2cccc(OC[C@H]3CCCN(C(=O)c4cccc(F)c4)C3)c21.NC1=NS(=O)(=O)Cc2cccc(OC[C@H]3CCCN(C(=O)c4ccccn4)C3)c21. The number of rotatable bonds is 20. The van der Waals surface area contributed by atoms with Crippen LogP contribution in [0.1, 0.15) is 196 Å². The summed E-state index contributed by atoms with van der Waals surface area (Å²) in [7, 11) is -18.0. The number of sulfonamides is 5. The highest BCUT2D eigenvalue weighted by Gasteiger charge is 2.38. The number of nitrogens with two attached hydrogens (primary N) is 5. The molecule has 5 atom stereocenters. The zero-order valence-corrected chi connectivity index (χ0v) is 85.6. The quantitative estimate of drug-likeness (QED) is 0.0473. The van der Waals surface area contributed by atoms with E-state index in [1.165, 1.54) is 18.2 Å². The highest BCUT2D eigenvalue weighted by molar-refractivity contribution is 7.90. The molecule has 0 bridgehead atoms. The Morgan fingerprint density at radius 1 is 0.331 bits per heavy atom. The number of fused-ring (bicyclic) bond motifs is 5. The molecule has 13 heterocycles. The number of halogens is 1. The number of likely N-dealkylation sites (tertiary alicyclic amines) is 5. The Balaban J connectivity index is 0.000000132. The Kier molecular flexibility index (Phi) is 33.4. The molecule has 0 spiro atoms. The van der Waals surface area contributed by atoms with Crippen molar-refractivity contribution in [1.82, 2.24) is 39.5 Å². The van der Waals surface area contributed by atoms with Gasteiger partial charge in [0.25, 0.3) is 79.7 Å². The predicted octanol–water partition coefficient (Wildman–Crippen LogP) is 10.1. The molecule has 0 aliphatic carbocycles. The fourth-order valence-electron chi connectivity index (χ4n) is 19.5. The van der Waals surface area contributed by atoms with Gasteiger partial charge in [-0.1, -0.05) is 97.1 Å². The number of carbonyl (C=O) groups excluding carboxylic acids is 5. The van der Waals surface area contributed by atoms with Crippen molar-refractivity contribution in [1.29, 1.82) is 0 Å². The molecule has 10 N–H and O–H groups in total. The molecule has 38 nitrogen and oxygen atoms in total. The number of aryl methyl sites for hydroxylation is 2. The largest absolute Gasteiger partial charge is 0.492 e. The lowest BCUT2D eigenvalue weighted by molar-refractivity contribution is 0.0519. The van der Waals surface area contributed by atoms with E-state index in [0.717, 1.165) is 88.3 Å². The first-order valence-electron chi connectivity index (χ1n) is 48.6. The fourth-order valence-corrected chi connectivity index (χ4v) is 25.0. The maximum atomic E-state index is 13.4. The van der Waals surface area contributed by atoms with Gasteiger partial charge in [0, 0.05) is 106 Å². The van der Waals surface area contributed by atoms with Gasteiger partial charge in [-0.05, 0) is 215 Å². The second-order valence-electron chi connectivity index (χ2n) is 37.5. The van der Waals surface area contributed by atoms with E-state index in [9.17, 15) is 70.5 Å². The average Bonchev–Trinajstić information content (AvgIpc) is 0.791. The Morgan fingerprint density at radius 3 is 1.02 bits per heavy atom. The second kappa shape index (κ2) is 46.6. The minimum atomic E-state index is -3.61. The van der Waals surface area contributed by atoms with Crippen LogP contribution < -0.4 is 52.4 Å². The summed E-state index contributed by atoms with van der Waals surface area (Å²) < 4.78 is 180. The highest BCUT2D eigenvalue weighted by Crippen LogP contribution is 2.38.